The Bertz CT molecular complexity index is 606. The molecule has 3 aliphatic rings. The zero-order valence-corrected chi connectivity index (χ0v) is 14.0. The molecular weight excluding hydrogens is 319 g/mol. The number of carbonyl (C=O) groups is 1. The maximum atomic E-state index is 12.7. The summed E-state index contributed by atoms with van der Waals surface area (Å²) in [6.07, 6.45) is 5.22. The molecule has 118 valence electrons. The quantitative estimate of drug-likeness (QED) is 0.800. The van der Waals surface area contributed by atoms with Crippen LogP contribution in [0.1, 0.15) is 31.2 Å². The van der Waals surface area contributed by atoms with Crippen molar-refractivity contribution >= 4 is 29.2 Å². The number of halogens is 2. The van der Waals surface area contributed by atoms with Gasteiger partial charge < -0.3 is 9.80 Å². The van der Waals surface area contributed by atoms with E-state index in [4.69, 9.17) is 23.2 Å². The van der Waals surface area contributed by atoms with Gasteiger partial charge in [0.15, 0.2) is 0 Å². The lowest BCUT2D eigenvalue weighted by atomic mass is 9.94. The minimum Gasteiger partial charge on any atom is -0.320 e. The molecule has 2 amide bonds. The Kier molecular flexibility index (Phi) is 3.74. The van der Waals surface area contributed by atoms with E-state index >= 15 is 0 Å². The molecule has 2 aliphatic carbocycles. The Morgan fingerprint density at radius 1 is 1.14 bits per heavy atom. The molecule has 22 heavy (non-hydrogen) atoms. The molecule has 1 saturated heterocycles. The van der Waals surface area contributed by atoms with Gasteiger partial charge in [-0.15, -0.1) is 0 Å². The van der Waals surface area contributed by atoms with Gasteiger partial charge in [0, 0.05) is 35.7 Å². The first-order valence-corrected chi connectivity index (χ1v) is 8.87. The number of hydrogen-bond donors (Lipinski definition) is 0. The van der Waals surface area contributed by atoms with E-state index in [1.165, 1.54) is 25.7 Å². The lowest BCUT2D eigenvalue weighted by Crippen LogP contribution is -2.42. The van der Waals surface area contributed by atoms with Crippen LogP contribution in [0.5, 0.6) is 0 Å². The van der Waals surface area contributed by atoms with Crippen LogP contribution in [-0.4, -0.2) is 35.0 Å². The van der Waals surface area contributed by atoms with Crippen molar-refractivity contribution < 1.29 is 4.79 Å². The Balaban J connectivity index is 1.45. The summed E-state index contributed by atoms with van der Waals surface area (Å²) >= 11 is 12.2. The Morgan fingerprint density at radius 2 is 2.00 bits per heavy atom. The zero-order chi connectivity index (χ0) is 15.3. The first kappa shape index (κ1) is 14.6. The van der Waals surface area contributed by atoms with Crippen LogP contribution in [0.4, 0.5) is 4.79 Å². The second-order valence-corrected chi connectivity index (χ2v) is 7.72. The predicted molar refractivity (Wildman–Crippen MR) is 88.2 cm³/mol. The van der Waals surface area contributed by atoms with Crippen LogP contribution in [0.15, 0.2) is 18.2 Å². The molecule has 0 radical (unpaired) electrons. The average molecular weight is 339 g/mol. The monoisotopic (exact) mass is 338 g/mol. The van der Waals surface area contributed by atoms with Crippen molar-refractivity contribution in [3.8, 4) is 0 Å². The van der Waals surface area contributed by atoms with E-state index in [1.807, 2.05) is 17.0 Å². The van der Waals surface area contributed by atoms with Crippen molar-refractivity contribution in [2.45, 2.75) is 38.3 Å². The molecule has 2 saturated carbocycles. The van der Waals surface area contributed by atoms with Crippen molar-refractivity contribution in [2.75, 3.05) is 13.1 Å². The summed E-state index contributed by atoms with van der Waals surface area (Å²) < 4.78 is 0. The largest absolute Gasteiger partial charge is 0.320 e. The normalized spacial score (nSPS) is 30.6. The van der Waals surface area contributed by atoms with Crippen LogP contribution in [0.3, 0.4) is 0 Å². The van der Waals surface area contributed by atoms with Gasteiger partial charge in [-0.25, -0.2) is 4.79 Å². The lowest BCUT2D eigenvalue weighted by molar-refractivity contribution is 0.156. The predicted octanol–water partition coefficient (Wildman–Crippen LogP) is 4.42. The van der Waals surface area contributed by atoms with Crippen LogP contribution >= 0.6 is 23.2 Å². The summed E-state index contributed by atoms with van der Waals surface area (Å²) in [6.45, 7) is 2.23. The van der Waals surface area contributed by atoms with Gasteiger partial charge in [-0.2, -0.15) is 0 Å². The van der Waals surface area contributed by atoms with Crippen LogP contribution in [0.2, 0.25) is 10.0 Å². The highest BCUT2D eigenvalue weighted by molar-refractivity contribution is 6.35. The van der Waals surface area contributed by atoms with E-state index in [0.717, 1.165) is 30.5 Å². The summed E-state index contributed by atoms with van der Waals surface area (Å²) in [4.78, 5) is 16.8. The van der Waals surface area contributed by atoms with Crippen molar-refractivity contribution in [1.29, 1.82) is 0 Å². The van der Waals surface area contributed by atoms with E-state index in [1.54, 1.807) is 6.07 Å². The fourth-order valence-corrected chi connectivity index (χ4v) is 4.97. The van der Waals surface area contributed by atoms with Crippen LogP contribution in [0.25, 0.3) is 0 Å². The SMILES string of the molecule is O=C1N(Cc2ccc(Cl)cc2Cl)CCN1[C@@H]1C[C@@H]2CC[C@@H]1C2. The molecule has 1 aliphatic heterocycles. The van der Waals surface area contributed by atoms with Crippen molar-refractivity contribution in [3.63, 3.8) is 0 Å². The van der Waals surface area contributed by atoms with Gasteiger partial charge in [0.2, 0.25) is 0 Å². The highest BCUT2D eigenvalue weighted by Gasteiger charge is 2.46. The van der Waals surface area contributed by atoms with Crippen molar-refractivity contribution in [1.82, 2.24) is 9.80 Å². The highest BCUT2D eigenvalue weighted by atomic mass is 35.5. The molecule has 1 aromatic rings. The fourth-order valence-electron chi connectivity index (χ4n) is 4.50. The Labute approximate surface area is 141 Å². The van der Waals surface area contributed by atoms with Gasteiger partial charge >= 0.3 is 6.03 Å². The van der Waals surface area contributed by atoms with Gasteiger partial charge in [0.1, 0.15) is 0 Å². The number of fused-ring (bicyclic) bond motifs is 2. The molecule has 2 bridgehead atoms. The number of nitrogens with zero attached hydrogens (tertiary/aromatic N) is 2. The van der Waals surface area contributed by atoms with E-state index in [0.29, 0.717) is 22.6 Å². The number of carbonyl (C=O) groups excluding carboxylic acids is 1. The Morgan fingerprint density at radius 3 is 2.68 bits per heavy atom. The first-order chi connectivity index (χ1) is 10.6. The number of urea groups is 1. The second kappa shape index (κ2) is 5.61. The lowest BCUT2D eigenvalue weighted by Gasteiger charge is -2.31. The van der Waals surface area contributed by atoms with E-state index in [2.05, 4.69) is 4.90 Å². The maximum absolute atomic E-state index is 12.7. The molecule has 0 aromatic heterocycles. The van der Waals surface area contributed by atoms with E-state index in [9.17, 15) is 4.79 Å². The molecule has 3 fully saturated rings. The third kappa shape index (κ3) is 2.48. The molecule has 3 nitrogen and oxygen atoms in total. The number of amides is 2. The fraction of sp³-hybridized carbons (Fsp3) is 0.588. The van der Waals surface area contributed by atoms with Crippen molar-refractivity contribution in [2.24, 2.45) is 11.8 Å². The number of benzene rings is 1. The molecule has 1 aromatic carbocycles. The molecule has 0 N–H and O–H groups in total. The highest BCUT2D eigenvalue weighted by Crippen LogP contribution is 2.47. The van der Waals surface area contributed by atoms with Gasteiger partial charge in [0.25, 0.3) is 0 Å². The molecule has 1 heterocycles. The summed E-state index contributed by atoms with van der Waals surface area (Å²) in [5.74, 6) is 1.61. The number of rotatable bonds is 3. The zero-order valence-electron chi connectivity index (χ0n) is 12.5. The smallest absolute Gasteiger partial charge is 0.320 e. The first-order valence-electron chi connectivity index (χ1n) is 8.11. The minimum atomic E-state index is 0.184. The maximum Gasteiger partial charge on any atom is 0.320 e. The van der Waals surface area contributed by atoms with Gasteiger partial charge in [-0.3, -0.25) is 0 Å². The van der Waals surface area contributed by atoms with E-state index < -0.39 is 0 Å². The average Bonchev–Trinajstić information content (AvgIpc) is 3.18. The molecule has 4 rings (SSSR count). The second-order valence-electron chi connectivity index (χ2n) is 6.88. The molecule has 3 atom stereocenters. The topological polar surface area (TPSA) is 23.6 Å². The molecule has 0 unspecified atom stereocenters. The van der Waals surface area contributed by atoms with E-state index in [-0.39, 0.29) is 6.03 Å². The molecule has 0 spiro atoms. The van der Waals surface area contributed by atoms with Gasteiger partial charge in [-0.05, 0) is 48.8 Å². The van der Waals surface area contributed by atoms with Gasteiger partial charge in [0.05, 0.1) is 0 Å². The van der Waals surface area contributed by atoms with Gasteiger partial charge in [-0.1, -0.05) is 35.7 Å². The van der Waals surface area contributed by atoms with Crippen molar-refractivity contribution in [3.05, 3.63) is 33.8 Å². The number of hydrogen-bond acceptors (Lipinski definition) is 1. The summed E-state index contributed by atoms with van der Waals surface area (Å²) in [5, 5.41) is 1.27. The standard InChI is InChI=1S/C17H20Cl2N2O/c18-14-4-3-13(15(19)9-14)10-20-5-6-21(17(20)22)16-8-11-1-2-12(16)7-11/h3-4,9,11-12,16H,1-2,5-8,10H2/t11-,12-,16-/m1/s1. The Hall–Kier alpha value is -0.930. The summed E-state index contributed by atoms with van der Waals surface area (Å²) in [5.41, 5.74) is 0.967. The molecule has 5 heteroatoms. The van der Waals surface area contributed by atoms with Crippen LogP contribution < -0.4 is 0 Å². The molecular formula is C17H20Cl2N2O. The van der Waals surface area contributed by atoms with Crippen LogP contribution in [-0.2, 0) is 6.54 Å². The summed E-state index contributed by atoms with van der Waals surface area (Å²) in [6, 6.07) is 6.16. The minimum absolute atomic E-state index is 0.184. The van der Waals surface area contributed by atoms with Crippen LogP contribution in [0, 0.1) is 11.8 Å². The third-order valence-corrected chi connectivity index (χ3v) is 6.19. The third-order valence-electron chi connectivity index (χ3n) is 5.60. The summed E-state index contributed by atoms with van der Waals surface area (Å²) in [7, 11) is 0.